The Morgan fingerprint density at radius 1 is 1.50 bits per heavy atom. The van der Waals surface area contributed by atoms with Gasteiger partial charge >= 0.3 is 0 Å². The van der Waals surface area contributed by atoms with E-state index in [-0.39, 0.29) is 0 Å². The standard InChI is InChI=1S/C12H21NO/c1-4-5-6-7-11(13-2)12(14-3)10-8-9-10/h10-13H,6-9H2,1-3H3. The molecule has 14 heavy (non-hydrogen) atoms. The van der Waals surface area contributed by atoms with E-state index < -0.39 is 0 Å². The molecule has 0 spiro atoms. The van der Waals surface area contributed by atoms with Gasteiger partial charge in [0.15, 0.2) is 0 Å². The number of hydrogen-bond acceptors (Lipinski definition) is 2. The lowest BCUT2D eigenvalue weighted by Gasteiger charge is -2.25. The summed E-state index contributed by atoms with van der Waals surface area (Å²) in [6, 6.07) is 0.466. The van der Waals surface area contributed by atoms with Crippen molar-refractivity contribution in [2.75, 3.05) is 14.2 Å². The van der Waals surface area contributed by atoms with E-state index in [1.807, 2.05) is 21.1 Å². The molecule has 1 fully saturated rings. The van der Waals surface area contributed by atoms with Crippen LogP contribution in [0.15, 0.2) is 0 Å². The highest BCUT2D eigenvalue weighted by molar-refractivity contribution is 4.97. The van der Waals surface area contributed by atoms with Crippen LogP contribution in [0.1, 0.15) is 32.6 Å². The summed E-state index contributed by atoms with van der Waals surface area (Å²) in [5, 5.41) is 3.34. The second-order valence-corrected chi connectivity index (χ2v) is 3.90. The molecule has 0 aromatic rings. The maximum absolute atomic E-state index is 5.55. The molecule has 1 aliphatic carbocycles. The molecule has 0 heterocycles. The van der Waals surface area contributed by atoms with Crippen molar-refractivity contribution < 1.29 is 4.74 Å². The third-order valence-corrected chi connectivity index (χ3v) is 2.88. The molecule has 0 aromatic carbocycles. The van der Waals surface area contributed by atoms with E-state index in [9.17, 15) is 0 Å². The SMILES string of the molecule is CC#CCCC(NC)C(OC)C1CC1. The van der Waals surface area contributed by atoms with Crippen molar-refractivity contribution in [3.63, 3.8) is 0 Å². The average molecular weight is 195 g/mol. The van der Waals surface area contributed by atoms with Crippen LogP contribution < -0.4 is 5.32 Å². The maximum Gasteiger partial charge on any atom is 0.0752 e. The summed E-state index contributed by atoms with van der Waals surface area (Å²) in [6.07, 6.45) is 5.10. The lowest BCUT2D eigenvalue weighted by molar-refractivity contribution is 0.0512. The molecule has 0 bridgehead atoms. The van der Waals surface area contributed by atoms with Crippen LogP contribution in [0.4, 0.5) is 0 Å². The highest BCUT2D eigenvalue weighted by atomic mass is 16.5. The molecule has 0 radical (unpaired) electrons. The second-order valence-electron chi connectivity index (χ2n) is 3.90. The van der Waals surface area contributed by atoms with E-state index >= 15 is 0 Å². The van der Waals surface area contributed by atoms with Crippen LogP contribution in [0.3, 0.4) is 0 Å². The molecule has 0 aromatic heterocycles. The lowest BCUT2D eigenvalue weighted by Crippen LogP contribution is -2.40. The normalized spacial score (nSPS) is 19.6. The van der Waals surface area contributed by atoms with Crippen molar-refractivity contribution in [2.24, 2.45) is 5.92 Å². The van der Waals surface area contributed by atoms with E-state index in [2.05, 4.69) is 17.2 Å². The molecule has 0 saturated heterocycles. The van der Waals surface area contributed by atoms with Gasteiger partial charge in [0.05, 0.1) is 6.10 Å². The maximum atomic E-state index is 5.55. The highest BCUT2D eigenvalue weighted by Crippen LogP contribution is 2.36. The Kier molecular flexibility index (Phi) is 5.00. The summed E-state index contributed by atoms with van der Waals surface area (Å²) >= 11 is 0. The first kappa shape index (κ1) is 11.6. The molecule has 80 valence electrons. The first-order valence-electron chi connectivity index (χ1n) is 5.43. The Hall–Kier alpha value is -0.520. The summed E-state index contributed by atoms with van der Waals surface area (Å²) < 4.78 is 5.55. The predicted octanol–water partition coefficient (Wildman–Crippen LogP) is 1.80. The van der Waals surface area contributed by atoms with Gasteiger partial charge in [0.25, 0.3) is 0 Å². The molecule has 1 aliphatic rings. The minimum absolute atomic E-state index is 0.388. The van der Waals surface area contributed by atoms with E-state index in [0.717, 1.165) is 18.8 Å². The third kappa shape index (κ3) is 3.32. The molecule has 1 saturated carbocycles. The minimum atomic E-state index is 0.388. The van der Waals surface area contributed by atoms with Gasteiger partial charge in [-0.25, -0.2) is 0 Å². The van der Waals surface area contributed by atoms with Gasteiger partial charge in [-0.2, -0.15) is 0 Å². The second kappa shape index (κ2) is 6.06. The number of hydrogen-bond donors (Lipinski definition) is 1. The summed E-state index contributed by atoms with van der Waals surface area (Å²) in [7, 11) is 3.83. The smallest absolute Gasteiger partial charge is 0.0752 e. The fraction of sp³-hybridized carbons (Fsp3) is 0.833. The summed E-state index contributed by atoms with van der Waals surface area (Å²) in [6.45, 7) is 1.89. The first-order chi connectivity index (χ1) is 6.83. The fourth-order valence-electron chi connectivity index (χ4n) is 1.94. The fourth-order valence-corrected chi connectivity index (χ4v) is 1.94. The molecule has 0 amide bonds. The van der Waals surface area contributed by atoms with Crippen molar-refractivity contribution in [3.05, 3.63) is 0 Å². The zero-order chi connectivity index (χ0) is 10.4. The van der Waals surface area contributed by atoms with Crippen molar-refractivity contribution in [1.82, 2.24) is 5.32 Å². The van der Waals surface area contributed by atoms with Gasteiger partial charge < -0.3 is 10.1 Å². The Balaban J connectivity index is 2.36. The highest BCUT2D eigenvalue weighted by Gasteiger charge is 2.35. The van der Waals surface area contributed by atoms with Crippen molar-refractivity contribution >= 4 is 0 Å². The quantitative estimate of drug-likeness (QED) is 0.653. The van der Waals surface area contributed by atoms with E-state index in [4.69, 9.17) is 4.74 Å². The predicted molar refractivity (Wildman–Crippen MR) is 59.1 cm³/mol. The first-order valence-corrected chi connectivity index (χ1v) is 5.43. The molecule has 2 atom stereocenters. The van der Waals surface area contributed by atoms with Crippen LogP contribution in [0.5, 0.6) is 0 Å². The van der Waals surface area contributed by atoms with Crippen molar-refractivity contribution in [1.29, 1.82) is 0 Å². The average Bonchev–Trinajstić information content (AvgIpc) is 3.01. The van der Waals surface area contributed by atoms with Crippen LogP contribution in [0, 0.1) is 17.8 Å². The molecule has 1 N–H and O–H groups in total. The van der Waals surface area contributed by atoms with Crippen molar-refractivity contribution in [3.8, 4) is 11.8 Å². The number of methoxy groups -OCH3 is 1. The zero-order valence-corrected chi connectivity index (χ0v) is 9.47. The number of nitrogens with one attached hydrogen (secondary N) is 1. The van der Waals surface area contributed by atoms with E-state index in [0.29, 0.717) is 12.1 Å². The third-order valence-electron chi connectivity index (χ3n) is 2.88. The monoisotopic (exact) mass is 195 g/mol. The molecule has 2 unspecified atom stereocenters. The van der Waals surface area contributed by atoms with Gasteiger partial charge in [-0.1, -0.05) is 0 Å². The van der Waals surface area contributed by atoms with Crippen LogP contribution in [-0.4, -0.2) is 26.3 Å². The molecule has 0 aliphatic heterocycles. The summed E-state index contributed by atoms with van der Waals surface area (Å²) in [4.78, 5) is 0. The number of rotatable bonds is 6. The number of likely N-dealkylation sites (N-methyl/N-ethyl adjacent to an activating group) is 1. The van der Waals surface area contributed by atoms with Crippen LogP contribution >= 0.6 is 0 Å². The van der Waals surface area contributed by atoms with Crippen LogP contribution in [-0.2, 0) is 4.74 Å². The van der Waals surface area contributed by atoms with Gasteiger partial charge in [-0.15, -0.1) is 11.8 Å². The van der Waals surface area contributed by atoms with Crippen LogP contribution in [0.2, 0.25) is 0 Å². The van der Waals surface area contributed by atoms with Crippen LogP contribution in [0.25, 0.3) is 0 Å². The van der Waals surface area contributed by atoms with Gasteiger partial charge in [0.1, 0.15) is 0 Å². The summed E-state index contributed by atoms with van der Waals surface area (Å²) in [5.41, 5.74) is 0. The largest absolute Gasteiger partial charge is 0.380 e. The van der Waals surface area contributed by atoms with Gasteiger partial charge in [0, 0.05) is 19.6 Å². The van der Waals surface area contributed by atoms with E-state index in [1.54, 1.807) is 0 Å². The minimum Gasteiger partial charge on any atom is -0.380 e. The Morgan fingerprint density at radius 3 is 2.64 bits per heavy atom. The molecule has 1 rings (SSSR count). The Bertz CT molecular complexity index is 212. The van der Waals surface area contributed by atoms with E-state index in [1.165, 1.54) is 12.8 Å². The Morgan fingerprint density at radius 2 is 2.21 bits per heavy atom. The molecule has 2 nitrogen and oxygen atoms in total. The Labute approximate surface area is 87.4 Å². The molecular weight excluding hydrogens is 174 g/mol. The zero-order valence-electron chi connectivity index (χ0n) is 9.47. The molecule has 2 heteroatoms. The van der Waals surface area contributed by atoms with Crippen molar-refractivity contribution in [2.45, 2.75) is 44.8 Å². The van der Waals surface area contributed by atoms with Gasteiger partial charge in [0.2, 0.25) is 0 Å². The number of ether oxygens (including phenoxy) is 1. The summed E-state index contributed by atoms with van der Waals surface area (Å²) in [5.74, 6) is 6.82. The van der Waals surface area contributed by atoms with Gasteiger partial charge in [-0.3, -0.25) is 0 Å². The van der Waals surface area contributed by atoms with Gasteiger partial charge in [-0.05, 0) is 39.2 Å². The molecular formula is C12H21NO. The topological polar surface area (TPSA) is 21.3 Å². The lowest BCUT2D eigenvalue weighted by atomic mass is 10.0.